The summed E-state index contributed by atoms with van der Waals surface area (Å²) in [5, 5.41) is 1.13. The lowest BCUT2D eigenvalue weighted by Crippen LogP contribution is -1.78. The highest BCUT2D eigenvalue weighted by molar-refractivity contribution is 7.80. The Hall–Kier alpha value is -1.67. The molecule has 1 nitrogen and oxygen atoms in total. The van der Waals surface area contributed by atoms with Crippen molar-refractivity contribution in [2.24, 2.45) is 0 Å². The molecular formula is C15H12OS. The molecule has 0 aliphatic carbocycles. The maximum absolute atomic E-state index is 5.81. The van der Waals surface area contributed by atoms with E-state index in [1.165, 1.54) is 5.56 Å². The van der Waals surface area contributed by atoms with E-state index in [0.29, 0.717) is 0 Å². The van der Waals surface area contributed by atoms with E-state index in [9.17, 15) is 0 Å². The van der Waals surface area contributed by atoms with Gasteiger partial charge in [0.2, 0.25) is 0 Å². The zero-order valence-electron chi connectivity index (χ0n) is 9.47. The quantitative estimate of drug-likeness (QED) is 0.608. The molecule has 0 bridgehead atoms. The average Bonchev–Trinajstić information content (AvgIpc) is 2.76. The van der Waals surface area contributed by atoms with E-state index in [4.69, 9.17) is 4.42 Å². The number of rotatable bonds is 1. The van der Waals surface area contributed by atoms with E-state index in [1.54, 1.807) is 0 Å². The molecule has 1 heterocycles. The minimum absolute atomic E-state index is 0.890. The molecule has 17 heavy (non-hydrogen) atoms. The third-order valence-corrected chi connectivity index (χ3v) is 3.40. The van der Waals surface area contributed by atoms with Gasteiger partial charge in [0.25, 0.3) is 0 Å². The lowest BCUT2D eigenvalue weighted by atomic mass is 10.1. The predicted molar refractivity (Wildman–Crippen MR) is 73.6 cm³/mol. The Morgan fingerprint density at radius 2 is 1.82 bits per heavy atom. The third kappa shape index (κ3) is 1.85. The number of para-hydroxylation sites is 1. The second kappa shape index (κ2) is 3.97. The fourth-order valence-electron chi connectivity index (χ4n) is 1.89. The summed E-state index contributed by atoms with van der Waals surface area (Å²) in [6, 6.07) is 16.3. The van der Waals surface area contributed by atoms with Gasteiger partial charge in [0.15, 0.2) is 0 Å². The van der Waals surface area contributed by atoms with Gasteiger partial charge in [-0.1, -0.05) is 30.3 Å². The van der Waals surface area contributed by atoms with Crippen molar-refractivity contribution < 1.29 is 4.42 Å². The number of furan rings is 1. The number of hydrogen-bond acceptors (Lipinski definition) is 2. The van der Waals surface area contributed by atoms with Crippen LogP contribution in [-0.4, -0.2) is 0 Å². The van der Waals surface area contributed by atoms with Crippen molar-refractivity contribution in [1.29, 1.82) is 0 Å². The van der Waals surface area contributed by atoms with E-state index in [-0.39, 0.29) is 0 Å². The van der Waals surface area contributed by atoms with Gasteiger partial charge in [-0.2, -0.15) is 0 Å². The summed E-state index contributed by atoms with van der Waals surface area (Å²) in [5.41, 5.74) is 3.16. The van der Waals surface area contributed by atoms with E-state index in [1.807, 2.05) is 31.2 Å². The van der Waals surface area contributed by atoms with Crippen molar-refractivity contribution in [1.82, 2.24) is 0 Å². The molecule has 0 atom stereocenters. The van der Waals surface area contributed by atoms with Gasteiger partial charge in [-0.25, -0.2) is 0 Å². The summed E-state index contributed by atoms with van der Waals surface area (Å²) >= 11 is 4.44. The fraction of sp³-hybridized carbons (Fsp3) is 0.0667. The molecule has 3 rings (SSSR count). The molecule has 0 N–H and O–H groups in total. The SMILES string of the molecule is Cc1ccc(-c2cc3ccccc3o2)cc1S. The molecule has 0 amide bonds. The largest absolute Gasteiger partial charge is 0.456 e. The van der Waals surface area contributed by atoms with Crippen LogP contribution in [0.2, 0.25) is 0 Å². The Balaban J connectivity index is 2.17. The number of aryl methyl sites for hydroxylation is 1. The molecule has 0 radical (unpaired) electrons. The second-order valence-corrected chi connectivity index (χ2v) is 4.63. The first-order chi connectivity index (χ1) is 8.24. The van der Waals surface area contributed by atoms with Gasteiger partial charge in [-0.05, 0) is 30.7 Å². The topological polar surface area (TPSA) is 13.1 Å². The Bertz CT molecular complexity index is 649. The number of thiol groups is 1. The van der Waals surface area contributed by atoms with Crippen molar-refractivity contribution >= 4 is 23.6 Å². The fourth-order valence-corrected chi connectivity index (χ4v) is 2.10. The minimum atomic E-state index is 0.890. The zero-order chi connectivity index (χ0) is 11.8. The van der Waals surface area contributed by atoms with E-state index in [0.717, 1.165) is 27.2 Å². The second-order valence-electron chi connectivity index (χ2n) is 4.15. The van der Waals surface area contributed by atoms with Crippen LogP contribution in [0.25, 0.3) is 22.3 Å². The van der Waals surface area contributed by atoms with Crippen LogP contribution in [0, 0.1) is 6.92 Å². The predicted octanol–water partition coefficient (Wildman–Crippen LogP) is 4.70. The van der Waals surface area contributed by atoms with Gasteiger partial charge in [0, 0.05) is 15.8 Å². The highest BCUT2D eigenvalue weighted by atomic mass is 32.1. The molecule has 1 aromatic heterocycles. The lowest BCUT2D eigenvalue weighted by Gasteiger charge is -2.01. The molecule has 0 fully saturated rings. The van der Waals surface area contributed by atoms with Crippen LogP contribution in [0.1, 0.15) is 5.56 Å². The molecule has 0 unspecified atom stereocenters. The first-order valence-electron chi connectivity index (χ1n) is 5.52. The normalized spacial score (nSPS) is 10.9. The number of hydrogen-bond donors (Lipinski definition) is 1. The van der Waals surface area contributed by atoms with Gasteiger partial charge < -0.3 is 4.42 Å². The zero-order valence-corrected chi connectivity index (χ0v) is 10.4. The average molecular weight is 240 g/mol. The Labute approximate surface area is 105 Å². The van der Waals surface area contributed by atoms with E-state index < -0.39 is 0 Å². The lowest BCUT2D eigenvalue weighted by molar-refractivity contribution is 0.631. The van der Waals surface area contributed by atoms with Crippen molar-refractivity contribution in [2.75, 3.05) is 0 Å². The Kier molecular flexibility index (Phi) is 2.45. The maximum Gasteiger partial charge on any atom is 0.135 e. The number of fused-ring (bicyclic) bond motifs is 1. The standard InChI is InChI=1S/C15H12OS/c1-10-6-7-12(9-15(10)17)14-8-11-4-2-3-5-13(11)16-14/h2-9,17H,1H3. The summed E-state index contributed by atoms with van der Waals surface area (Å²) in [4.78, 5) is 0.989. The number of benzene rings is 2. The molecule has 0 aliphatic heterocycles. The first kappa shape index (κ1) is 10.5. The molecule has 0 saturated heterocycles. The summed E-state index contributed by atoms with van der Waals surface area (Å²) in [6.45, 7) is 2.05. The van der Waals surface area contributed by atoms with Crippen LogP contribution in [0.5, 0.6) is 0 Å². The molecule has 2 heteroatoms. The minimum Gasteiger partial charge on any atom is -0.456 e. The van der Waals surface area contributed by atoms with Crippen molar-refractivity contribution in [2.45, 2.75) is 11.8 Å². The van der Waals surface area contributed by atoms with Crippen LogP contribution < -0.4 is 0 Å². The van der Waals surface area contributed by atoms with Gasteiger partial charge >= 0.3 is 0 Å². The van der Waals surface area contributed by atoms with Gasteiger partial charge in [0.1, 0.15) is 11.3 Å². The molecular weight excluding hydrogens is 228 g/mol. The molecule has 84 valence electrons. The van der Waals surface area contributed by atoms with Crippen molar-refractivity contribution in [3.05, 3.63) is 54.1 Å². The highest BCUT2D eigenvalue weighted by Crippen LogP contribution is 2.29. The van der Waals surface area contributed by atoms with Gasteiger partial charge in [0.05, 0.1) is 0 Å². The molecule has 0 aliphatic rings. The summed E-state index contributed by atoms with van der Waals surface area (Å²) in [7, 11) is 0. The van der Waals surface area contributed by atoms with E-state index >= 15 is 0 Å². The highest BCUT2D eigenvalue weighted by Gasteiger charge is 2.06. The monoisotopic (exact) mass is 240 g/mol. The summed E-state index contributed by atoms with van der Waals surface area (Å²) in [6.07, 6.45) is 0. The van der Waals surface area contributed by atoms with Crippen LogP contribution in [0.4, 0.5) is 0 Å². The molecule has 2 aromatic carbocycles. The molecule has 3 aromatic rings. The third-order valence-electron chi connectivity index (χ3n) is 2.92. The van der Waals surface area contributed by atoms with Gasteiger partial charge in [-0.3, -0.25) is 0 Å². The summed E-state index contributed by atoms with van der Waals surface area (Å²) in [5.74, 6) is 0.890. The van der Waals surface area contributed by atoms with Crippen LogP contribution in [0.15, 0.2) is 57.8 Å². The Morgan fingerprint density at radius 1 is 1.00 bits per heavy atom. The molecule has 0 saturated carbocycles. The van der Waals surface area contributed by atoms with Crippen molar-refractivity contribution in [3.8, 4) is 11.3 Å². The van der Waals surface area contributed by atoms with Crippen LogP contribution >= 0.6 is 12.6 Å². The van der Waals surface area contributed by atoms with Crippen molar-refractivity contribution in [3.63, 3.8) is 0 Å². The van der Waals surface area contributed by atoms with E-state index in [2.05, 4.69) is 36.9 Å². The van der Waals surface area contributed by atoms with Crippen LogP contribution in [0.3, 0.4) is 0 Å². The Morgan fingerprint density at radius 3 is 2.59 bits per heavy atom. The summed E-state index contributed by atoms with van der Waals surface area (Å²) < 4.78 is 5.81. The van der Waals surface area contributed by atoms with Crippen LogP contribution in [-0.2, 0) is 0 Å². The maximum atomic E-state index is 5.81. The smallest absolute Gasteiger partial charge is 0.135 e. The first-order valence-corrected chi connectivity index (χ1v) is 5.97. The van der Waals surface area contributed by atoms with Gasteiger partial charge in [-0.15, -0.1) is 12.6 Å². The molecule has 0 spiro atoms.